The van der Waals surface area contributed by atoms with Gasteiger partial charge in [0.1, 0.15) is 12.0 Å². The summed E-state index contributed by atoms with van der Waals surface area (Å²) in [7, 11) is 0. The van der Waals surface area contributed by atoms with Crippen LogP contribution in [0.25, 0.3) is 0 Å². The first-order valence-corrected chi connectivity index (χ1v) is 6.05. The lowest BCUT2D eigenvalue weighted by Crippen LogP contribution is -2.29. The molecule has 3 N–H and O–H groups in total. The number of benzene rings is 2. The van der Waals surface area contributed by atoms with Crippen LogP contribution in [0.15, 0.2) is 48.5 Å². The zero-order valence-electron chi connectivity index (χ0n) is 10.9. The van der Waals surface area contributed by atoms with Gasteiger partial charge >= 0.3 is 11.8 Å². The molecule has 2 amide bonds. The number of phenols is 1. The second kappa shape index (κ2) is 6.33. The average molecular weight is 284 g/mol. The number of hydrogen-bond donors (Lipinski definition) is 3. The third kappa shape index (κ3) is 3.66. The van der Waals surface area contributed by atoms with E-state index in [0.29, 0.717) is 17.5 Å². The first-order valence-electron chi connectivity index (χ1n) is 6.05. The van der Waals surface area contributed by atoms with Crippen LogP contribution in [0.1, 0.15) is 10.4 Å². The largest absolute Gasteiger partial charge is 0.506 e. The first-order chi connectivity index (χ1) is 10.1. The van der Waals surface area contributed by atoms with Crippen LogP contribution in [0.3, 0.4) is 0 Å². The molecule has 0 aliphatic carbocycles. The van der Waals surface area contributed by atoms with Crippen LogP contribution in [-0.2, 0) is 9.59 Å². The van der Waals surface area contributed by atoms with Crippen LogP contribution in [0.5, 0.6) is 5.75 Å². The van der Waals surface area contributed by atoms with Crippen molar-refractivity contribution in [2.75, 3.05) is 10.6 Å². The normalized spacial score (nSPS) is 9.71. The molecule has 21 heavy (non-hydrogen) atoms. The molecule has 6 heteroatoms. The fraction of sp³-hybridized carbons (Fsp3) is 0. The van der Waals surface area contributed by atoms with E-state index in [1.807, 2.05) is 0 Å². The molecule has 0 saturated heterocycles. The van der Waals surface area contributed by atoms with Gasteiger partial charge in [-0.1, -0.05) is 24.3 Å². The minimum Gasteiger partial charge on any atom is -0.506 e. The molecule has 0 atom stereocenters. The standard InChI is InChI=1S/C15H12N2O4/c18-9-10-4-3-5-11(8-10)16-14(20)15(21)17-12-6-1-2-7-13(12)19/h1-9,19H,(H,16,20)(H,17,21). The van der Waals surface area contributed by atoms with Crippen LogP contribution in [0.2, 0.25) is 0 Å². The first kappa shape index (κ1) is 14.3. The Labute approximate surface area is 120 Å². The highest BCUT2D eigenvalue weighted by atomic mass is 16.3. The number of para-hydroxylation sites is 2. The van der Waals surface area contributed by atoms with Crippen molar-refractivity contribution in [2.24, 2.45) is 0 Å². The maximum Gasteiger partial charge on any atom is 0.314 e. The second-order valence-corrected chi connectivity index (χ2v) is 4.17. The molecule has 0 aliphatic heterocycles. The summed E-state index contributed by atoms with van der Waals surface area (Å²) < 4.78 is 0. The SMILES string of the molecule is O=Cc1cccc(NC(=O)C(=O)Nc2ccccc2O)c1. The lowest BCUT2D eigenvalue weighted by Gasteiger charge is -2.08. The van der Waals surface area contributed by atoms with E-state index in [0.717, 1.165) is 0 Å². The molecule has 0 bridgehead atoms. The summed E-state index contributed by atoms with van der Waals surface area (Å²) in [4.78, 5) is 34.1. The molecule has 0 saturated carbocycles. The molecule has 0 heterocycles. The fourth-order valence-corrected chi connectivity index (χ4v) is 1.64. The predicted molar refractivity (Wildman–Crippen MR) is 77.2 cm³/mol. The summed E-state index contributed by atoms with van der Waals surface area (Å²) in [5.74, 6) is -1.96. The quantitative estimate of drug-likeness (QED) is 0.455. The number of amides is 2. The Morgan fingerprint density at radius 3 is 2.38 bits per heavy atom. The number of aromatic hydroxyl groups is 1. The van der Waals surface area contributed by atoms with Crippen molar-refractivity contribution in [3.8, 4) is 5.75 Å². The number of nitrogens with one attached hydrogen (secondary N) is 2. The topological polar surface area (TPSA) is 95.5 Å². The van der Waals surface area contributed by atoms with E-state index >= 15 is 0 Å². The Morgan fingerprint density at radius 2 is 1.67 bits per heavy atom. The summed E-state index contributed by atoms with van der Waals surface area (Å²) >= 11 is 0. The molecule has 2 rings (SSSR count). The van der Waals surface area contributed by atoms with Crippen LogP contribution < -0.4 is 10.6 Å². The molecular weight excluding hydrogens is 272 g/mol. The van der Waals surface area contributed by atoms with Crippen LogP contribution in [0, 0.1) is 0 Å². The van der Waals surface area contributed by atoms with Gasteiger partial charge in [-0.3, -0.25) is 14.4 Å². The van der Waals surface area contributed by atoms with Crippen molar-refractivity contribution in [2.45, 2.75) is 0 Å². The van der Waals surface area contributed by atoms with Crippen LogP contribution in [-0.4, -0.2) is 23.2 Å². The Morgan fingerprint density at radius 1 is 0.952 bits per heavy atom. The zero-order chi connectivity index (χ0) is 15.2. The number of carbonyl (C=O) groups is 3. The Hall–Kier alpha value is -3.15. The summed E-state index contributed by atoms with van der Waals surface area (Å²) in [5, 5.41) is 14.2. The van der Waals surface area contributed by atoms with Gasteiger partial charge in [-0.25, -0.2) is 0 Å². The predicted octanol–water partition coefficient (Wildman–Crippen LogP) is 1.78. The van der Waals surface area contributed by atoms with Crippen molar-refractivity contribution >= 4 is 29.5 Å². The number of phenolic OH excluding ortho intramolecular Hbond substituents is 1. The van der Waals surface area contributed by atoms with E-state index in [1.165, 1.54) is 18.2 Å². The van der Waals surface area contributed by atoms with Gasteiger partial charge in [-0.05, 0) is 24.3 Å². The summed E-state index contributed by atoms with van der Waals surface area (Å²) in [5.41, 5.74) is 0.852. The maximum atomic E-state index is 11.7. The highest BCUT2D eigenvalue weighted by molar-refractivity contribution is 6.43. The Kier molecular flexibility index (Phi) is 4.30. The average Bonchev–Trinajstić information content (AvgIpc) is 2.49. The molecule has 0 fully saturated rings. The van der Waals surface area contributed by atoms with Crippen molar-refractivity contribution in [3.63, 3.8) is 0 Å². The van der Waals surface area contributed by atoms with E-state index in [1.54, 1.807) is 30.3 Å². The number of anilines is 2. The van der Waals surface area contributed by atoms with Gasteiger partial charge in [0.05, 0.1) is 5.69 Å². The lowest BCUT2D eigenvalue weighted by atomic mass is 10.2. The molecule has 2 aromatic rings. The number of carbonyl (C=O) groups excluding carboxylic acids is 3. The number of aldehydes is 1. The van der Waals surface area contributed by atoms with Crippen molar-refractivity contribution in [3.05, 3.63) is 54.1 Å². The molecular formula is C15H12N2O4. The third-order valence-electron chi connectivity index (χ3n) is 2.64. The van der Waals surface area contributed by atoms with Gasteiger partial charge in [0.25, 0.3) is 0 Å². The molecule has 0 spiro atoms. The monoisotopic (exact) mass is 284 g/mol. The fourth-order valence-electron chi connectivity index (χ4n) is 1.64. The van der Waals surface area contributed by atoms with Gasteiger partial charge in [0.2, 0.25) is 0 Å². The van der Waals surface area contributed by atoms with Crippen LogP contribution >= 0.6 is 0 Å². The Bertz CT molecular complexity index is 698. The molecule has 0 aromatic heterocycles. The number of rotatable bonds is 3. The molecule has 0 radical (unpaired) electrons. The molecule has 106 valence electrons. The third-order valence-corrected chi connectivity index (χ3v) is 2.64. The van der Waals surface area contributed by atoms with Gasteiger partial charge in [-0.15, -0.1) is 0 Å². The molecule has 0 unspecified atom stereocenters. The molecule has 0 aliphatic rings. The van der Waals surface area contributed by atoms with E-state index in [-0.39, 0.29) is 11.4 Å². The molecule has 2 aromatic carbocycles. The maximum absolute atomic E-state index is 11.7. The van der Waals surface area contributed by atoms with E-state index in [2.05, 4.69) is 10.6 Å². The second-order valence-electron chi connectivity index (χ2n) is 4.17. The summed E-state index contributed by atoms with van der Waals surface area (Å²) in [6.45, 7) is 0. The lowest BCUT2D eigenvalue weighted by molar-refractivity contribution is -0.133. The minimum absolute atomic E-state index is 0.137. The van der Waals surface area contributed by atoms with Gasteiger partial charge in [0.15, 0.2) is 0 Å². The zero-order valence-corrected chi connectivity index (χ0v) is 10.9. The smallest absolute Gasteiger partial charge is 0.314 e. The van der Waals surface area contributed by atoms with Gasteiger partial charge in [-0.2, -0.15) is 0 Å². The molecule has 6 nitrogen and oxygen atoms in total. The summed E-state index contributed by atoms with van der Waals surface area (Å²) in [6.07, 6.45) is 0.637. The van der Waals surface area contributed by atoms with Crippen LogP contribution in [0.4, 0.5) is 11.4 Å². The summed E-state index contributed by atoms with van der Waals surface area (Å²) in [6, 6.07) is 12.2. The number of hydrogen-bond acceptors (Lipinski definition) is 4. The van der Waals surface area contributed by atoms with E-state index < -0.39 is 11.8 Å². The van der Waals surface area contributed by atoms with E-state index in [9.17, 15) is 19.5 Å². The highest BCUT2D eigenvalue weighted by Gasteiger charge is 2.15. The highest BCUT2D eigenvalue weighted by Crippen LogP contribution is 2.21. The van der Waals surface area contributed by atoms with Crippen molar-refractivity contribution < 1.29 is 19.5 Å². The van der Waals surface area contributed by atoms with Gasteiger partial charge in [0, 0.05) is 11.3 Å². The van der Waals surface area contributed by atoms with E-state index in [4.69, 9.17) is 0 Å². The minimum atomic E-state index is -0.923. The Balaban J connectivity index is 2.04. The van der Waals surface area contributed by atoms with Gasteiger partial charge < -0.3 is 15.7 Å². The van der Waals surface area contributed by atoms with Crippen molar-refractivity contribution in [1.82, 2.24) is 0 Å². The van der Waals surface area contributed by atoms with Crippen molar-refractivity contribution in [1.29, 1.82) is 0 Å².